The van der Waals surface area contributed by atoms with Gasteiger partial charge in [0.15, 0.2) is 0 Å². The maximum Gasteiger partial charge on any atom is 0.223 e. The van der Waals surface area contributed by atoms with Gasteiger partial charge in [0.2, 0.25) is 5.91 Å². The Balaban J connectivity index is 1.51. The zero-order valence-corrected chi connectivity index (χ0v) is 12.2. The highest BCUT2D eigenvalue weighted by Gasteiger charge is 2.30. The Hall–Kier alpha value is -1.47. The van der Waals surface area contributed by atoms with Gasteiger partial charge in [0.05, 0.1) is 19.3 Å². The molecule has 2 heterocycles. The molecule has 0 radical (unpaired) electrons. The monoisotopic (exact) mass is 293 g/mol. The zero-order valence-electron chi connectivity index (χ0n) is 12.2. The minimum Gasteiger partial charge on any atom is -0.373 e. The first-order valence-corrected chi connectivity index (χ1v) is 7.70. The smallest absolute Gasteiger partial charge is 0.223 e. The molecule has 2 N–H and O–H groups in total. The van der Waals surface area contributed by atoms with E-state index in [1.807, 2.05) is 4.90 Å². The maximum absolute atomic E-state index is 12.4. The van der Waals surface area contributed by atoms with Gasteiger partial charge < -0.3 is 15.4 Å². The Kier molecular flexibility index (Phi) is 4.50. The molecule has 1 aliphatic heterocycles. The summed E-state index contributed by atoms with van der Waals surface area (Å²) < 4.78 is 7.46. The molecule has 116 valence electrons. The maximum atomic E-state index is 12.4. The summed E-state index contributed by atoms with van der Waals surface area (Å²) >= 11 is 0. The summed E-state index contributed by atoms with van der Waals surface area (Å²) in [7, 11) is 0. The van der Waals surface area contributed by atoms with E-state index in [0.717, 1.165) is 19.3 Å². The number of hydrogen-bond acceptors (Lipinski definition) is 5. The summed E-state index contributed by atoms with van der Waals surface area (Å²) in [6.45, 7) is 2.52. The molecule has 0 spiro atoms. The molecule has 1 aromatic heterocycles. The van der Waals surface area contributed by atoms with Crippen LogP contribution in [0.4, 0.5) is 0 Å². The van der Waals surface area contributed by atoms with Crippen LogP contribution in [0, 0.1) is 5.92 Å². The van der Waals surface area contributed by atoms with Gasteiger partial charge in [-0.15, -0.1) is 0 Å². The van der Waals surface area contributed by atoms with E-state index in [1.54, 1.807) is 11.0 Å². The predicted molar refractivity (Wildman–Crippen MR) is 76.3 cm³/mol. The Morgan fingerprint density at radius 3 is 3.05 bits per heavy atom. The third-order valence-corrected chi connectivity index (χ3v) is 4.50. The molecule has 7 heteroatoms. The normalized spacial score (nSPS) is 29.8. The van der Waals surface area contributed by atoms with Gasteiger partial charge in [-0.1, -0.05) is 6.42 Å². The number of carbonyl (C=O) groups is 1. The minimum atomic E-state index is -0.0124. The van der Waals surface area contributed by atoms with Crippen LogP contribution >= 0.6 is 0 Å². The van der Waals surface area contributed by atoms with E-state index in [2.05, 4.69) is 10.1 Å². The predicted octanol–water partition coefficient (Wildman–Crippen LogP) is 0.0230. The molecule has 1 saturated carbocycles. The van der Waals surface area contributed by atoms with E-state index in [9.17, 15) is 4.79 Å². The fourth-order valence-electron chi connectivity index (χ4n) is 3.26. The van der Waals surface area contributed by atoms with Crippen LogP contribution in [0.2, 0.25) is 0 Å². The molecule has 1 unspecified atom stereocenters. The van der Waals surface area contributed by atoms with E-state index >= 15 is 0 Å². The number of morpholine rings is 1. The van der Waals surface area contributed by atoms with Gasteiger partial charge in [0.25, 0.3) is 0 Å². The summed E-state index contributed by atoms with van der Waals surface area (Å²) in [4.78, 5) is 18.3. The second kappa shape index (κ2) is 6.53. The number of nitrogens with two attached hydrogens (primary N) is 1. The van der Waals surface area contributed by atoms with Crippen molar-refractivity contribution < 1.29 is 9.53 Å². The third-order valence-electron chi connectivity index (χ3n) is 4.50. The van der Waals surface area contributed by atoms with Gasteiger partial charge in [0.1, 0.15) is 12.7 Å². The lowest BCUT2D eigenvalue weighted by molar-refractivity contribution is -0.140. The van der Waals surface area contributed by atoms with E-state index in [-0.39, 0.29) is 18.1 Å². The summed E-state index contributed by atoms with van der Waals surface area (Å²) in [6.07, 6.45) is 7.03. The van der Waals surface area contributed by atoms with Crippen molar-refractivity contribution in [1.29, 1.82) is 0 Å². The number of carbonyl (C=O) groups excluding carboxylic acids is 1. The Bertz CT molecular complexity index is 464. The van der Waals surface area contributed by atoms with Crippen molar-refractivity contribution in [2.45, 2.75) is 44.4 Å². The molecule has 2 fully saturated rings. The highest BCUT2D eigenvalue weighted by molar-refractivity contribution is 5.76. The van der Waals surface area contributed by atoms with E-state index in [4.69, 9.17) is 10.5 Å². The second-order valence-corrected chi connectivity index (χ2v) is 6.01. The number of rotatable bonds is 4. The Labute approximate surface area is 124 Å². The average molecular weight is 293 g/mol. The molecule has 21 heavy (non-hydrogen) atoms. The number of ether oxygens (including phenoxy) is 1. The van der Waals surface area contributed by atoms with Crippen LogP contribution in [-0.2, 0) is 16.1 Å². The molecule has 3 atom stereocenters. The number of aromatic nitrogens is 3. The highest BCUT2D eigenvalue weighted by Crippen LogP contribution is 2.27. The lowest BCUT2D eigenvalue weighted by Gasteiger charge is -2.33. The van der Waals surface area contributed by atoms with Crippen molar-refractivity contribution in [2.24, 2.45) is 11.7 Å². The molecule has 1 aliphatic carbocycles. The summed E-state index contributed by atoms with van der Waals surface area (Å²) in [6, 6.07) is 0.195. The quantitative estimate of drug-likeness (QED) is 0.846. The van der Waals surface area contributed by atoms with E-state index in [1.165, 1.54) is 6.33 Å². The van der Waals surface area contributed by atoms with Crippen molar-refractivity contribution in [3.8, 4) is 0 Å². The SMILES string of the molecule is N[C@@H]1CCC[C@H]1CC(=O)N1CCOC(Cn2cncn2)C1. The van der Waals surface area contributed by atoms with Crippen molar-refractivity contribution in [3.05, 3.63) is 12.7 Å². The molecule has 1 amide bonds. The van der Waals surface area contributed by atoms with Crippen molar-refractivity contribution in [3.63, 3.8) is 0 Å². The first kappa shape index (κ1) is 14.5. The summed E-state index contributed by atoms with van der Waals surface area (Å²) in [5.41, 5.74) is 6.06. The zero-order chi connectivity index (χ0) is 14.7. The fraction of sp³-hybridized carbons (Fsp3) is 0.786. The Morgan fingerprint density at radius 1 is 1.43 bits per heavy atom. The largest absolute Gasteiger partial charge is 0.373 e. The fourth-order valence-corrected chi connectivity index (χ4v) is 3.26. The van der Waals surface area contributed by atoms with Crippen LogP contribution in [0.3, 0.4) is 0 Å². The van der Waals surface area contributed by atoms with Crippen LogP contribution in [0.5, 0.6) is 0 Å². The third kappa shape index (κ3) is 3.59. The van der Waals surface area contributed by atoms with Gasteiger partial charge in [-0.2, -0.15) is 5.10 Å². The average Bonchev–Trinajstić information content (AvgIpc) is 3.12. The molecular weight excluding hydrogens is 270 g/mol. The molecule has 0 bridgehead atoms. The molecule has 2 aliphatic rings. The number of nitrogens with zero attached hydrogens (tertiary/aromatic N) is 4. The van der Waals surface area contributed by atoms with E-state index in [0.29, 0.717) is 38.6 Å². The Morgan fingerprint density at radius 2 is 2.33 bits per heavy atom. The molecule has 0 aromatic carbocycles. The van der Waals surface area contributed by atoms with Crippen LogP contribution in [-0.4, -0.2) is 57.4 Å². The van der Waals surface area contributed by atoms with Crippen molar-refractivity contribution >= 4 is 5.91 Å². The first-order valence-electron chi connectivity index (χ1n) is 7.70. The summed E-state index contributed by atoms with van der Waals surface area (Å²) in [5.74, 6) is 0.568. The van der Waals surface area contributed by atoms with Gasteiger partial charge >= 0.3 is 0 Å². The number of amides is 1. The van der Waals surface area contributed by atoms with Crippen LogP contribution < -0.4 is 5.73 Å². The van der Waals surface area contributed by atoms with Gasteiger partial charge in [0, 0.05) is 25.6 Å². The molecule has 3 rings (SSSR count). The lowest BCUT2D eigenvalue weighted by Crippen LogP contribution is -2.47. The standard InChI is InChI=1S/C14H23N5O2/c15-13-3-1-2-11(13)6-14(20)18-4-5-21-12(7-18)8-19-10-16-9-17-19/h9-13H,1-8,15H2/t11-,12?,13+/m0/s1. The van der Waals surface area contributed by atoms with E-state index < -0.39 is 0 Å². The van der Waals surface area contributed by atoms with Crippen LogP contribution in [0.15, 0.2) is 12.7 Å². The lowest BCUT2D eigenvalue weighted by atomic mass is 9.99. The van der Waals surface area contributed by atoms with Gasteiger partial charge in [-0.05, 0) is 18.8 Å². The van der Waals surface area contributed by atoms with Crippen LogP contribution in [0.25, 0.3) is 0 Å². The van der Waals surface area contributed by atoms with Crippen LogP contribution in [0.1, 0.15) is 25.7 Å². The second-order valence-electron chi connectivity index (χ2n) is 6.01. The molecular formula is C14H23N5O2. The minimum absolute atomic E-state index is 0.0124. The topological polar surface area (TPSA) is 86.3 Å². The summed E-state index contributed by atoms with van der Waals surface area (Å²) in [5, 5.41) is 4.08. The first-order chi connectivity index (χ1) is 10.2. The highest BCUT2D eigenvalue weighted by atomic mass is 16.5. The molecule has 7 nitrogen and oxygen atoms in total. The van der Waals surface area contributed by atoms with Crippen molar-refractivity contribution in [1.82, 2.24) is 19.7 Å². The van der Waals surface area contributed by atoms with Gasteiger partial charge in [-0.3, -0.25) is 9.48 Å². The molecule has 1 saturated heterocycles. The number of hydrogen-bond donors (Lipinski definition) is 1. The van der Waals surface area contributed by atoms with Crippen molar-refractivity contribution in [2.75, 3.05) is 19.7 Å². The van der Waals surface area contributed by atoms with Gasteiger partial charge in [-0.25, -0.2) is 4.98 Å². The molecule has 1 aromatic rings.